The molecule has 1 aliphatic rings. The Kier molecular flexibility index (Phi) is 7.15. The van der Waals surface area contributed by atoms with Crippen molar-refractivity contribution in [2.75, 3.05) is 40.0 Å². The topological polar surface area (TPSA) is 42.5 Å². The SMILES string of the molecule is COCCN[C@@]1(CNC(c2ccccc2)(c2ccccc2)c2ccccc2)CCOC1. The van der Waals surface area contributed by atoms with Gasteiger partial charge >= 0.3 is 0 Å². The summed E-state index contributed by atoms with van der Waals surface area (Å²) in [5.74, 6) is 0. The first kappa shape index (κ1) is 21.7. The summed E-state index contributed by atoms with van der Waals surface area (Å²) in [5.41, 5.74) is 3.07. The van der Waals surface area contributed by atoms with Gasteiger partial charge < -0.3 is 14.8 Å². The maximum absolute atomic E-state index is 5.83. The van der Waals surface area contributed by atoms with E-state index in [1.54, 1.807) is 7.11 Å². The Morgan fingerprint density at radius 3 is 1.77 bits per heavy atom. The summed E-state index contributed by atoms with van der Waals surface area (Å²) in [6, 6.07) is 32.2. The monoisotopic (exact) mass is 416 g/mol. The fourth-order valence-corrected chi connectivity index (χ4v) is 4.54. The summed E-state index contributed by atoms with van der Waals surface area (Å²) < 4.78 is 11.1. The zero-order valence-electron chi connectivity index (χ0n) is 18.2. The van der Waals surface area contributed by atoms with E-state index in [2.05, 4.69) is 102 Å². The number of methoxy groups -OCH3 is 1. The van der Waals surface area contributed by atoms with Gasteiger partial charge in [-0.1, -0.05) is 91.0 Å². The lowest BCUT2D eigenvalue weighted by atomic mass is 9.76. The summed E-state index contributed by atoms with van der Waals surface area (Å²) in [7, 11) is 1.74. The summed E-state index contributed by atoms with van der Waals surface area (Å²) in [6.07, 6.45) is 0.970. The van der Waals surface area contributed by atoms with Crippen LogP contribution in [0.2, 0.25) is 0 Å². The molecule has 2 N–H and O–H groups in total. The summed E-state index contributed by atoms with van der Waals surface area (Å²) in [5, 5.41) is 7.72. The quantitative estimate of drug-likeness (QED) is 0.388. The van der Waals surface area contributed by atoms with Gasteiger partial charge in [0, 0.05) is 26.8 Å². The van der Waals surface area contributed by atoms with E-state index in [0.29, 0.717) is 13.2 Å². The first-order chi connectivity index (χ1) is 15.3. The zero-order valence-corrected chi connectivity index (χ0v) is 18.2. The van der Waals surface area contributed by atoms with Gasteiger partial charge in [-0.3, -0.25) is 5.32 Å². The molecule has 1 saturated heterocycles. The molecule has 4 nitrogen and oxygen atoms in total. The Hall–Kier alpha value is -2.50. The van der Waals surface area contributed by atoms with Gasteiger partial charge in [-0.15, -0.1) is 0 Å². The second kappa shape index (κ2) is 10.2. The second-order valence-electron chi connectivity index (χ2n) is 8.20. The molecule has 3 aromatic carbocycles. The molecule has 0 saturated carbocycles. The number of hydrogen-bond acceptors (Lipinski definition) is 4. The van der Waals surface area contributed by atoms with Crippen LogP contribution in [0.4, 0.5) is 0 Å². The zero-order chi connectivity index (χ0) is 21.4. The van der Waals surface area contributed by atoms with E-state index in [9.17, 15) is 0 Å². The molecule has 0 spiro atoms. The molecule has 0 amide bonds. The van der Waals surface area contributed by atoms with E-state index in [1.807, 2.05) is 0 Å². The van der Waals surface area contributed by atoms with E-state index in [-0.39, 0.29) is 5.54 Å². The van der Waals surface area contributed by atoms with Crippen LogP contribution in [0.1, 0.15) is 23.1 Å². The highest BCUT2D eigenvalue weighted by Gasteiger charge is 2.41. The lowest BCUT2D eigenvalue weighted by Gasteiger charge is -2.40. The van der Waals surface area contributed by atoms with Crippen LogP contribution in [-0.2, 0) is 15.0 Å². The number of ether oxygens (including phenoxy) is 2. The Balaban J connectivity index is 1.77. The van der Waals surface area contributed by atoms with Crippen molar-refractivity contribution in [3.63, 3.8) is 0 Å². The molecule has 0 unspecified atom stereocenters. The lowest BCUT2D eigenvalue weighted by Crippen LogP contribution is -2.58. The van der Waals surface area contributed by atoms with Crippen LogP contribution in [0.5, 0.6) is 0 Å². The molecular formula is C27H32N2O2. The van der Waals surface area contributed by atoms with Crippen molar-refractivity contribution < 1.29 is 9.47 Å². The smallest absolute Gasteiger partial charge is 0.0948 e. The van der Waals surface area contributed by atoms with Crippen molar-refractivity contribution >= 4 is 0 Å². The van der Waals surface area contributed by atoms with Crippen molar-refractivity contribution in [3.8, 4) is 0 Å². The predicted octanol–water partition coefficient (Wildman–Crippen LogP) is 3.96. The first-order valence-corrected chi connectivity index (χ1v) is 11.0. The van der Waals surface area contributed by atoms with Crippen LogP contribution in [0.3, 0.4) is 0 Å². The molecule has 4 rings (SSSR count). The fourth-order valence-electron chi connectivity index (χ4n) is 4.54. The van der Waals surface area contributed by atoms with Gasteiger partial charge in [-0.2, -0.15) is 0 Å². The largest absolute Gasteiger partial charge is 0.383 e. The Labute approximate surface area is 185 Å². The normalized spacial score (nSPS) is 18.9. The highest BCUT2D eigenvalue weighted by atomic mass is 16.5. The summed E-state index contributed by atoms with van der Waals surface area (Å²) in [4.78, 5) is 0. The minimum Gasteiger partial charge on any atom is -0.383 e. The molecule has 0 bridgehead atoms. The number of nitrogens with one attached hydrogen (secondary N) is 2. The molecular weight excluding hydrogens is 384 g/mol. The maximum atomic E-state index is 5.83. The van der Waals surface area contributed by atoms with Crippen molar-refractivity contribution in [3.05, 3.63) is 108 Å². The van der Waals surface area contributed by atoms with Gasteiger partial charge in [0.1, 0.15) is 0 Å². The van der Waals surface area contributed by atoms with Crippen LogP contribution in [0.15, 0.2) is 91.0 Å². The molecule has 0 radical (unpaired) electrons. The van der Waals surface area contributed by atoms with Crippen molar-refractivity contribution in [1.82, 2.24) is 10.6 Å². The molecule has 0 aromatic heterocycles. The van der Waals surface area contributed by atoms with Gasteiger partial charge in [-0.05, 0) is 23.1 Å². The lowest BCUT2D eigenvalue weighted by molar-refractivity contribution is 0.148. The average Bonchev–Trinajstić information content (AvgIpc) is 3.31. The van der Waals surface area contributed by atoms with E-state index in [0.717, 1.165) is 26.1 Å². The third kappa shape index (κ3) is 4.73. The summed E-state index contributed by atoms with van der Waals surface area (Å²) in [6.45, 7) is 3.73. The maximum Gasteiger partial charge on any atom is 0.0948 e. The third-order valence-corrected chi connectivity index (χ3v) is 6.22. The van der Waals surface area contributed by atoms with Gasteiger partial charge in [0.15, 0.2) is 0 Å². The molecule has 1 atom stereocenters. The van der Waals surface area contributed by atoms with E-state index < -0.39 is 5.54 Å². The fraction of sp³-hybridized carbons (Fsp3) is 0.333. The number of benzene rings is 3. The van der Waals surface area contributed by atoms with E-state index >= 15 is 0 Å². The molecule has 1 fully saturated rings. The van der Waals surface area contributed by atoms with Gasteiger partial charge in [0.2, 0.25) is 0 Å². The first-order valence-electron chi connectivity index (χ1n) is 11.0. The van der Waals surface area contributed by atoms with E-state index in [1.165, 1.54) is 16.7 Å². The molecule has 3 aromatic rings. The predicted molar refractivity (Wildman–Crippen MR) is 125 cm³/mol. The van der Waals surface area contributed by atoms with Gasteiger partial charge in [0.25, 0.3) is 0 Å². The van der Waals surface area contributed by atoms with Gasteiger partial charge in [0.05, 0.1) is 24.3 Å². The Morgan fingerprint density at radius 2 is 1.35 bits per heavy atom. The third-order valence-electron chi connectivity index (χ3n) is 6.22. The molecule has 1 aliphatic heterocycles. The van der Waals surface area contributed by atoms with E-state index in [4.69, 9.17) is 9.47 Å². The van der Waals surface area contributed by atoms with Crippen LogP contribution in [0, 0.1) is 0 Å². The van der Waals surface area contributed by atoms with Crippen molar-refractivity contribution in [2.45, 2.75) is 17.5 Å². The molecule has 1 heterocycles. The average molecular weight is 417 g/mol. The van der Waals surface area contributed by atoms with Crippen LogP contribution < -0.4 is 10.6 Å². The van der Waals surface area contributed by atoms with Gasteiger partial charge in [-0.25, -0.2) is 0 Å². The number of rotatable bonds is 10. The highest BCUT2D eigenvalue weighted by molar-refractivity contribution is 5.49. The molecule has 0 aliphatic carbocycles. The Morgan fingerprint density at radius 1 is 0.839 bits per heavy atom. The molecule has 4 heteroatoms. The minimum atomic E-state index is -0.470. The van der Waals surface area contributed by atoms with Crippen molar-refractivity contribution in [2.24, 2.45) is 0 Å². The standard InChI is InChI=1S/C27H32N2O2/c1-30-20-18-28-26(17-19-31-22-26)21-29-27(23-11-5-2-6-12-23,24-13-7-3-8-14-24)25-15-9-4-10-16-25/h2-16,28-29H,17-22H2,1H3/t26-/m1/s1. The van der Waals surface area contributed by atoms with Crippen molar-refractivity contribution in [1.29, 1.82) is 0 Å². The minimum absolute atomic E-state index is 0.123. The van der Waals surface area contributed by atoms with Crippen LogP contribution >= 0.6 is 0 Å². The second-order valence-corrected chi connectivity index (χ2v) is 8.20. The molecule has 31 heavy (non-hydrogen) atoms. The molecule has 162 valence electrons. The van der Waals surface area contributed by atoms with Crippen LogP contribution in [0.25, 0.3) is 0 Å². The Bertz CT molecular complexity index is 813. The summed E-state index contributed by atoms with van der Waals surface area (Å²) >= 11 is 0. The number of hydrogen-bond donors (Lipinski definition) is 2. The van der Waals surface area contributed by atoms with Crippen LogP contribution in [-0.4, -0.2) is 45.6 Å². The highest BCUT2D eigenvalue weighted by Crippen LogP contribution is 2.37.